The van der Waals surface area contributed by atoms with Gasteiger partial charge in [-0.1, -0.05) is 5.21 Å². The largest absolute Gasteiger partial charge is 0.365 e. The van der Waals surface area contributed by atoms with E-state index < -0.39 is 0 Å². The van der Waals surface area contributed by atoms with Gasteiger partial charge in [-0.2, -0.15) is 0 Å². The summed E-state index contributed by atoms with van der Waals surface area (Å²) >= 11 is 0. The van der Waals surface area contributed by atoms with Crippen molar-refractivity contribution in [3.63, 3.8) is 0 Å². The molecule has 0 aromatic carbocycles. The number of piperidine rings is 1. The molecule has 13 heavy (non-hydrogen) atoms. The predicted octanol–water partition coefficient (Wildman–Crippen LogP) is -0.0210. The first-order chi connectivity index (χ1) is 6.36. The van der Waals surface area contributed by atoms with E-state index in [0.717, 1.165) is 18.9 Å². The van der Waals surface area contributed by atoms with E-state index in [4.69, 9.17) is 0 Å². The molecule has 1 aromatic heterocycles. The predicted molar refractivity (Wildman–Crippen MR) is 50.5 cm³/mol. The van der Waals surface area contributed by atoms with E-state index in [1.54, 1.807) is 10.9 Å². The lowest BCUT2D eigenvalue weighted by molar-refractivity contribution is 0.477. The van der Waals surface area contributed by atoms with E-state index in [1.165, 1.54) is 12.8 Å². The summed E-state index contributed by atoms with van der Waals surface area (Å²) in [5, 5.41) is 14.4. The zero-order chi connectivity index (χ0) is 9.10. The smallest absolute Gasteiger partial charge is 0.144 e. The second kappa shape index (κ2) is 3.74. The molecule has 0 spiro atoms. The van der Waals surface area contributed by atoms with Gasteiger partial charge in [0.05, 0.1) is 6.20 Å². The van der Waals surface area contributed by atoms with E-state index in [-0.39, 0.29) is 0 Å². The molecule has 2 N–H and O–H groups in total. The maximum Gasteiger partial charge on any atom is 0.144 e. The van der Waals surface area contributed by atoms with Crippen LogP contribution in [0, 0.1) is 0 Å². The number of aromatic nitrogens is 3. The minimum atomic E-state index is 0.519. The molecule has 1 saturated heterocycles. The first kappa shape index (κ1) is 8.50. The van der Waals surface area contributed by atoms with E-state index in [9.17, 15) is 0 Å². The molecule has 1 aliphatic heterocycles. The molecule has 5 heteroatoms. The van der Waals surface area contributed by atoms with E-state index >= 15 is 0 Å². The van der Waals surface area contributed by atoms with Crippen LogP contribution in [0.3, 0.4) is 0 Å². The van der Waals surface area contributed by atoms with Crippen LogP contribution in [-0.4, -0.2) is 34.1 Å². The van der Waals surface area contributed by atoms with Gasteiger partial charge in [-0.25, -0.2) is 4.68 Å². The summed E-state index contributed by atoms with van der Waals surface area (Å²) in [5.74, 6) is 0.994. The Bertz CT molecular complexity index is 263. The van der Waals surface area contributed by atoms with Gasteiger partial charge in [-0.15, -0.1) is 5.10 Å². The quantitative estimate of drug-likeness (QED) is 0.673. The lowest BCUT2D eigenvalue weighted by Crippen LogP contribution is -2.38. The molecule has 0 amide bonds. The van der Waals surface area contributed by atoms with Crippen LogP contribution in [0.15, 0.2) is 6.20 Å². The number of aryl methyl sites for hydroxylation is 1. The summed E-state index contributed by atoms with van der Waals surface area (Å²) in [7, 11) is 1.89. The van der Waals surface area contributed by atoms with E-state index in [2.05, 4.69) is 20.9 Å². The Kier molecular flexibility index (Phi) is 2.44. The second-order valence-corrected chi connectivity index (χ2v) is 3.43. The summed E-state index contributed by atoms with van der Waals surface area (Å²) < 4.78 is 1.76. The summed E-state index contributed by atoms with van der Waals surface area (Å²) in [6, 6.07) is 0.519. The van der Waals surface area contributed by atoms with Gasteiger partial charge in [0, 0.05) is 19.6 Å². The molecule has 2 rings (SSSR count). The summed E-state index contributed by atoms with van der Waals surface area (Å²) in [4.78, 5) is 0. The van der Waals surface area contributed by atoms with Crippen molar-refractivity contribution in [2.24, 2.45) is 7.05 Å². The number of hydrogen-bond donors (Lipinski definition) is 2. The van der Waals surface area contributed by atoms with Crippen LogP contribution in [0.2, 0.25) is 0 Å². The van der Waals surface area contributed by atoms with Gasteiger partial charge in [-0.05, 0) is 19.4 Å². The van der Waals surface area contributed by atoms with Crippen LogP contribution < -0.4 is 10.6 Å². The molecule has 1 fully saturated rings. The van der Waals surface area contributed by atoms with Crippen molar-refractivity contribution in [1.82, 2.24) is 20.3 Å². The minimum Gasteiger partial charge on any atom is -0.365 e. The molecule has 5 nitrogen and oxygen atoms in total. The highest BCUT2D eigenvalue weighted by atomic mass is 15.4. The number of nitrogens with zero attached hydrogens (tertiary/aromatic N) is 3. The van der Waals surface area contributed by atoms with E-state index in [0.29, 0.717) is 6.04 Å². The third-order valence-electron chi connectivity index (χ3n) is 2.36. The first-order valence-electron chi connectivity index (χ1n) is 4.68. The number of hydrogen-bond acceptors (Lipinski definition) is 4. The molecule has 0 saturated carbocycles. The van der Waals surface area contributed by atoms with Gasteiger partial charge in [0.25, 0.3) is 0 Å². The molecule has 2 heterocycles. The molecular formula is C8H15N5. The number of nitrogens with one attached hydrogen (secondary N) is 2. The molecule has 0 bridgehead atoms. The maximum atomic E-state index is 3.87. The zero-order valence-electron chi connectivity index (χ0n) is 7.82. The van der Waals surface area contributed by atoms with Crippen LogP contribution in [0.25, 0.3) is 0 Å². The maximum absolute atomic E-state index is 3.87. The minimum absolute atomic E-state index is 0.519. The van der Waals surface area contributed by atoms with Gasteiger partial charge in [0.15, 0.2) is 0 Å². The average molecular weight is 181 g/mol. The van der Waals surface area contributed by atoms with Crippen LogP contribution >= 0.6 is 0 Å². The SMILES string of the molecule is Cn1nncc1NC1CCCNC1. The molecule has 0 aliphatic carbocycles. The van der Waals surface area contributed by atoms with Crippen molar-refractivity contribution in [3.05, 3.63) is 6.20 Å². The zero-order valence-corrected chi connectivity index (χ0v) is 7.82. The van der Waals surface area contributed by atoms with Crippen molar-refractivity contribution in [2.45, 2.75) is 18.9 Å². The average Bonchev–Trinajstić information content (AvgIpc) is 2.54. The standard InChI is InChI=1S/C8H15N5/c1-13-8(6-10-12-13)11-7-3-2-4-9-5-7/h6-7,9,11H,2-5H2,1H3. The second-order valence-electron chi connectivity index (χ2n) is 3.43. The summed E-state index contributed by atoms with van der Waals surface area (Å²) in [6.45, 7) is 2.17. The molecule has 1 unspecified atom stereocenters. The fourth-order valence-electron chi connectivity index (χ4n) is 1.60. The van der Waals surface area contributed by atoms with Crippen LogP contribution in [0.5, 0.6) is 0 Å². The van der Waals surface area contributed by atoms with Gasteiger partial charge >= 0.3 is 0 Å². The molecule has 1 atom stereocenters. The van der Waals surface area contributed by atoms with Crippen molar-refractivity contribution in [1.29, 1.82) is 0 Å². The van der Waals surface area contributed by atoms with Gasteiger partial charge < -0.3 is 10.6 Å². The van der Waals surface area contributed by atoms with Crippen molar-refractivity contribution in [2.75, 3.05) is 18.4 Å². The first-order valence-corrected chi connectivity index (χ1v) is 4.68. The Morgan fingerprint density at radius 3 is 3.23 bits per heavy atom. The topological polar surface area (TPSA) is 54.8 Å². The Labute approximate surface area is 77.5 Å². The molecule has 0 radical (unpaired) electrons. The van der Waals surface area contributed by atoms with Gasteiger partial charge in [-0.3, -0.25) is 0 Å². The summed E-state index contributed by atoms with van der Waals surface area (Å²) in [6.07, 6.45) is 4.22. The van der Waals surface area contributed by atoms with Crippen LogP contribution in [-0.2, 0) is 7.05 Å². The normalized spacial score (nSPS) is 23.0. The van der Waals surface area contributed by atoms with E-state index in [1.807, 2.05) is 7.05 Å². The molecule has 1 aliphatic rings. The fraction of sp³-hybridized carbons (Fsp3) is 0.750. The Morgan fingerprint density at radius 2 is 2.62 bits per heavy atom. The molecular weight excluding hydrogens is 166 g/mol. The Morgan fingerprint density at radius 1 is 1.69 bits per heavy atom. The third kappa shape index (κ3) is 1.98. The number of rotatable bonds is 2. The van der Waals surface area contributed by atoms with Crippen molar-refractivity contribution < 1.29 is 0 Å². The highest BCUT2D eigenvalue weighted by Crippen LogP contribution is 2.09. The van der Waals surface area contributed by atoms with Crippen molar-refractivity contribution in [3.8, 4) is 0 Å². The van der Waals surface area contributed by atoms with Crippen LogP contribution in [0.4, 0.5) is 5.82 Å². The number of anilines is 1. The monoisotopic (exact) mass is 181 g/mol. The van der Waals surface area contributed by atoms with Crippen LogP contribution in [0.1, 0.15) is 12.8 Å². The molecule has 72 valence electrons. The third-order valence-corrected chi connectivity index (χ3v) is 2.36. The fourth-order valence-corrected chi connectivity index (χ4v) is 1.60. The highest BCUT2D eigenvalue weighted by Gasteiger charge is 2.13. The summed E-state index contributed by atoms with van der Waals surface area (Å²) in [5.41, 5.74) is 0. The van der Waals surface area contributed by atoms with Gasteiger partial charge in [0.2, 0.25) is 0 Å². The highest BCUT2D eigenvalue weighted by molar-refractivity contribution is 5.32. The lowest BCUT2D eigenvalue weighted by atomic mass is 10.1. The van der Waals surface area contributed by atoms with Crippen molar-refractivity contribution >= 4 is 5.82 Å². The Hall–Kier alpha value is -1.10. The van der Waals surface area contributed by atoms with Gasteiger partial charge in [0.1, 0.15) is 5.82 Å². The Balaban J connectivity index is 1.93. The molecule has 1 aromatic rings. The lowest BCUT2D eigenvalue weighted by Gasteiger charge is -2.24.